The minimum atomic E-state index is -0.264. The molecule has 2 aromatic rings. The van der Waals surface area contributed by atoms with Gasteiger partial charge in [0.1, 0.15) is 16.9 Å². The fourth-order valence-electron chi connectivity index (χ4n) is 3.16. The molecule has 0 atom stereocenters. The largest absolute Gasteiger partial charge is 0.355 e. The smallest absolute Gasteiger partial charge is 0.230 e. The fourth-order valence-corrected chi connectivity index (χ4v) is 4.05. The number of benzene rings is 1. The summed E-state index contributed by atoms with van der Waals surface area (Å²) in [6.07, 6.45) is 3.65. The number of aromatic nitrogens is 1. The number of halogens is 1. The van der Waals surface area contributed by atoms with Crippen molar-refractivity contribution in [2.45, 2.75) is 37.6 Å². The Balaban J connectivity index is 1.54. The molecule has 4 nitrogen and oxygen atoms in total. The molecule has 0 fully saturated rings. The molecule has 0 aliphatic heterocycles. The van der Waals surface area contributed by atoms with E-state index in [1.165, 1.54) is 29.5 Å². The molecule has 26 heavy (non-hydrogen) atoms. The molecule has 134 valence electrons. The number of amides is 1. The van der Waals surface area contributed by atoms with E-state index in [9.17, 15) is 14.4 Å². The van der Waals surface area contributed by atoms with Crippen molar-refractivity contribution in [1.82, 2.24) is 10.3 Å². The highest BCUT2D eigenvalue weighted by molar-refractivity contribution is 8.00. The number of aryl methyl sites for hydroxylation is 1. The van der Waals surface area contributed by atoms with Crippen LogP contribution in [-0.2, 0) is 24.1 Å². The van der Waals surface area contributed by atoms with Crippen molar-refractivity contribution < 1.29 is 9.18 Å². The van der Waals surface area contributed by atoms with Gasteiger partial charge in [-0.05, 0) is 61.4 Å². The molecule has 1 aromatic heterocycles. The van der Waals surface area contributed by atoms with Crippen molar-refractivity contribution in [3.05, 3.63) is 58.0 Å². The van der Waals surface area contributed by atoms with Crippen molar-refractivity contribution in [1.29, 1.82) is 5.26 Å². The molecule has 0 unspecified atom stereocenters. The lowest BCUT2D eigenvalue weighted by atomic mass is 10.0. The first-order valence-electron chi connectivity index (χ1n) is 8.65. The Kier molecular flexibility index (Phi) is 5.89. The number of rotatable bonds is 6. The van der Waals surface area contributed by atoms with Crippen LogP contribution < -0.4 is 5.32 Å². The third kappa shape index (κ3) is 4.23. The first-order valence-corrected chi connectivity index (χ1v) is 9.63. The van der Waals surface area contributed by atoms with Gasteiger partial charge in [-0.1, -0.05) is 23.9 Å². The molecule has 1 heterocycles. The number of fused-ring (bicyclic) bond motifs is 1. The number of nitriles is 1. The maximum atomic E-state index is 12.9. The van der Waals surface area contributed by atoms with Crippen LogP contribution in [-0.4, -0.2) is 23.2 Å². The second-order valence-electron chi connectivity index (χ2n) is 6.32. The van der Waals surface area contributed by atoms with Crippen LogP contribution in [0.15, 0.2) is 29.3 Å². The van der Waals surface area contributed by atoms with E-state index in [4.69, 9.17) is 0 Å². The zero-order valence-corrected chi connectivity index (χ0v) is 15.5. The Morgan fingerprint density at radius 1 is 1.35 bits per heavy atom. The van der Waals surface area contributed by atoms with E-state index in [0.717, 1.165) is 36.1 Å². The lowest BCUT2D eigenvalue weighted by Crippen LogP contribution is -2.27. The molecule has 0 radical (unpaired) electrons. The third-order valence-electron chi connectivity index (χ3n) is 4.57. The van der Waals surface area contributed by atoms with E-state index >= 15 is 0 Å². The van der Waals surface area contributed by atoms with Gasteiger partial charge in [0.25, 0.3) is 0 Å². The standard InChI is InChI=1S/C20H20FN3OS/c1-13-16-3-2-4-18(16)24-20(17(13)11-22)26-12-19(25)23-10-9-14-5-7-15(21)8-6-14/h5-8H,2-4,9-10,12H2,1H3,(H,23,25). The summed E-state index contributed by atoms with van der Waals surface area (Å²) in [6.45, 7) is 2.46. The number of hydrogen-bond donors (Lipinski definition) is 1. The maximum Gasteiger partial charge on any atom is 0.230 e. The van der Waals surface area contributed by atoms with Crippen LogP contribution in [0.3, 0.4) is 0 Å². The van der Waals surface area contributed by atoms with Gasteiger partial charge >= 0.3 is 0 Å². The Morgan fingerprint density at radius 2 is 2.12 bits per heavy atom. The summed E-state index contributed by atoms with van der Waals surface area (Å²) in [4.78, 5) is 16.7. The summed E-state index contributed by atoms with van der Waals surface area (Å²) in [5, 5.41) is 13.0. The van der Waals surface area contributed by atoms with Crippen LogP contribution in [0.25, 0.3) is 0 Å². The predicted octanol–water partition coefficient (Wildman–Crippen LogP) is 3.34. The van der Waals surface area contributed by atoms with Gasteiger partial charge in [-0.15, -0.1) is 0 Å². The average molecular weight is 369 g/mol. The monoisotopic (exact) mass is 369 g/mol. The summed E-state index contributed by atoms with van der Waals surface area (Å²) < 4.78 is 12.9. The van der Waals surface area contributed by atoms with Crippen molar-refractivity contribution in [3.63, 3.8) is 0 Å². The first kappa shape index (κ1) is 18.4. The molecular weight excluding hydrogens is 349 g/mol. The number of nitrogens with one attached hydrogen (secondary N) is 1. The molecular formula is C20H20FN3OS. The Hall–Kier alpha value is -2.39. The Labute approximate surface area is 156 Å². The maximum absolute atomic E-state index is 12.9. The van der Waals surface area contributed by atoms with E-state index in [-0.39, 0.29) is 17.5 Å². The Bertz CT molecular complexity index is 859. The third-order valence-corrected chi connectivity index (χ3v) is 5.54. The molecule has 0 saturated carbocycles. The van der Waals surface area contributed by atoms with E-state index < -0.39 is 0 Å². The van der Waals surface area contributed by atoms with Gasteiger partial charge in [0.2, 0.25) is 5.91 Å². The van der Waals surface area contributed by atoms with Crippen molar-refractivity contribution in [3.8, 4) is 6.07 Å². The van der Waals surface area contributed by atoms with Crippen LogP contribution >= 0.6 is 11.8 Å². The lowest BCUT2D eigenvalue weighted by molar-refractivity contribution is -0.118. The molecule has 1 aliphatic rings. The quantitative estimate of drug-likeness (QED) is 0.793. The fraction of sp³-hybridized carbons (Fsp3) is 0.350. The van der Waals surface area contributed by atoms with Gasteiger partial charge in [-0.2, -0.15) is 5.26 Å². The zero-order chi connectivity index (χ0) is 18.5. The highest BCUT2D eigenvalue weighted by Crippen LogP contribution is 2.31. The molecule has 0 spiro atoms. The van der Waals surface area contributed by atoms with Gasteiger partial charge in [0.15, 0.2) is 0 Å². The number of pyridine rings is 1. The van der Waals surface area contributed by atoms with E-state index in [1.807, 2.05) is 6.92 Å². The topological polar surface area (TPSA) is 65.8 Å². The van der Waals surface area contributed by atoms with Crippen molar-refractivity contribution in [2.75, 3.05) is 12.3 Å². The molecule has 3 rings (SSSR count). The van der Waals surface area contributed by atoms with E-state index in [1.54, 1.807) is 12.1 Å². The van der Waals surface area contributed by atoms with Gasteiger partial charge < -0.3 is 5.32 Å². The first-order chi connectivity index (χ1) is 12.6. The number of thioether (sulfide) groups is 1. The van der Waals surface area contributed by atoms with Gasteiger partial charge in [-0.3, -0.25) is 4.79 Å². The molecule has 1 aliphatic carbocycles. The summed E-state index contributed by atoms with van der Waals surface area (Å²) in [5.74, 6) is -0.135. The Morgan fingerprint density at radius 3 is 2.85 bits per heavy atom. The minimum Gasteiger partial charge on any atom is -0.355 e. The molecule has 0 saturated heterocycles. The molecule has 1 N–H and O–H groups in total. The number of hydrogen-bond acceptors (Lipinski definition) is 4. The van der Waals surface area contributed by atoms with Crippen molar-refractivity contribution in [2.24, 2.45) is 0 Å². The van der Waals surface area contributed by atoms with Gasteiger partial charge in [0, 0.05) is 12.2 Å². The second kappa shape index (κ2) is 8.33. The minimum absolute atomic E-state index is 0.0963. The summed E-state index contributed by atoms with van der Waals surface area (Å²) in [6, 6.07) is 8.50. The van der Waals surface area contributed by atoms with E-state index in [2.05, 4.69) is 16.4 Å². The molecule has 1 amide bonds. The molecule has 6 heteroatoms. The highest BCUT2D eigenvalue weighted by Gasteiger charge is 2.21. The van der Waals surface area contributed by atoms with Crippen LogP contribution in [0.2, 0.25) is 0 Å². The van der Waals surface area contributed by atoms with Gasteiger partial charge in [-0.25, -0.2) is 9.37 Å². The van der Waals surface area contributed by atoms with Crippen LogP contribution in [0, 0.1) is 24.1 Å². The summed E-state index contributed by atoms with van der Waals surface area (Å²) in [7, 11) is 0. The van der Waals surface area contributed by atoms with E-state index in [0.29, 0.717) is 23.6 Å². The molecule has 1 aromatic carbocycles. The van der Waals surface area contributed by atoms with Crippen LogP contribution in [0.5, 0.6) is 0 Å². The number of carbonyl (C=O) groups excluding carboxylic acids is 1. The predicted molar refractivity (Wildman–Crippen MR) is 99.6 cm³/mol. The lowest BCUT2D eigenvalue weighted by Gasteiger charge is -2.11. The second-order valence-corrected chi connectivity index (χ2v) is 7.29. The van der Waals surface area contributed by atoms with Gasteiger partial charge in [0.05, 0.1) is 11.3 Å². The SMILES string of the molecule is Cc1c(C#N)c(SCC(=O)NCCc2ccc(F)cc2)nc2c1CCC2. The van der Waals surface area contributed by atoms with Crippen LogP contribution in [0.1, 0.15) is 34.4 Å². The summed E-state index contributed by atoms with van der Waals surface area (Å²) in [5.41, 5.74) is 4.85. The number of carbonyl (C=O) groups is 1. The molecule has 0 bridgehead atoms. The average Bonchev–Trinajstić information content (AvgIpc) is 3.10. The summed E-state index contributed by atoms with van der Waals surface area (Å²) >= 11 is 1.31. The number of nitrogens with zero attached hydrogens (tertiary/aromatic N) is 2. The van der Waals surface area contributed by atoms with Crippen LogP contribution in [0.4, 0.5) is 4.39 Å². The normalized spacial score (nSPS) is 12.5. The van der Waals surface area contributed by atoms with Crippen molar-refractivity contribution >= 4 is 17.7 Å². The highest BCUT2D eigenvalue weighted by atomic mass is 32.2. The zero-order valence-electron chi connectivity index (χ0n) is 14.6.